The molecule has 0 fully saturated rings. The third kappa shape index (κ3) is 4.81. The summed E-state index contributed by atoms with van der Waals surface area (Å²) >= 11 is 2.73. The normalized spacial score (nSPS) is 13.0. The van der Waals surface area contributed by atoms with E-state index in [0.717, 1.165) is 18.5 Å². The van der Waals surface area contributed by atoms with E-state index < -0.39 is 35.0 Å². The maximum Gasteiger partial charge on any atom is 0.416 e. The molecule has 1 heterocycles. The topological polar surface area (TPSA) is 63.1 Å². The highest BCUT2D eigenvalue weighted by Crippen LogP contribution is 2.38. The number of carboxylic acids is 1. The van der Waals surface area contributed by atoms with E-state index in [-0.39, 0.29) is 21.9 Å². The van der Waals surface area contributed by atoms with Gasteiger partial charge in [-0.2, -0.15) is 26.3 Å². The standard InChI is InChI=1S/C15H7BrF6N2O2/c16-11(13(25)26)4-10-5-23-6-12(24-10)7-1-8(14(17,18)19)3-9(2-7)15(20,21)22/h1-6H,(H,25,26). The summed E-state index contributed by atoms with van der Waals surface area (Å²) < 4.78 is 77.1. The van der Waals surface area contributed by atoms with Crippen LogP contribution in [0, 0.1) is 0 Å². The fourth-order valence-corrected chi connectivity index (χ4v) is 2.12. The van der Waals surface area contributed by atoms with Gasteiger partial charge in [0.1, 0.15) is 4.48 Å². The number of carbonyl (C=O) groups is 1. The first-order chi connectivity index (χ1) is 11.9. The van der Waals surface area contributed by atoms with Crippen molar-refractivity contribution in [2.24, 2.45) is 0 Å². The van der Waals surface area contributed by atoms with Crippen LogP contribution in [0.1, 0.15) is 16.8 Å². The maximum absolute atomic E-state index is 12.9. The predicted octanol–water partition coefficient (Wildman–Crippen LogP) is 5.00. The fourth-order valence-electron chi connectivity index (χ4n) is 1.88. The molecule has 0 spiro atoms. The summed E-state index contributed by atoms with van der Waals surface area (Å²) in [4.78, 5) is 18.3. The summed E-state index contributed by atoms with van der Waals surface area (Å²) in [5.74, 6) is -1.34. The molecule has 0 amide bonds. The number of carboxylic acid groups (broad SMARTS) is 1. The van der Waals surface area contributed by atoms with Gasteiger partial charge in [0.05, 0.1) is 34.9 Å². The zero-order chi connectivity index (χ0) is 19.7. The van der Waals surface area contributed by atoms with Crippen molar-refractivity contribution in [2.75, 3.05) is 0 Å². The Hall–Kier alpha value is -2.43. The number of rotatable bonds is 3. The molecule has 2 aromatic rings. The fraction of sp³-hybridized carbons (Fsp3) is 0.133. The highest BCUT2D eigenvalue weighted by Gasteiger charge is 2.37. The molecule has 0 unspecified atom stereocenters. The number of aromatic nitrogens is 2. The quantitative estimate of drug-likeness (QED) is 0.538. The van der Waals surface area contributed by atoms with Gasteiger partial charge in [0.2, 0.25) is 0 Å². The van der Waals surface area contributed by atoms with Gasteiger partial charge in [-0.3, -0.25) is 4.98 Å². The van der Waals surface area contributed by atoms with Gasteiger partial charge in [0.25, 0.3) is 0 Å². The zero-order valence-electron chi connectivity index (χ0n) is 12.4. The Bertz CT molecular complexity index is 845. The lowest BCUT2D eigenvalue weighted by Gasteiger charge is -2.14. The SMILES string of the molecule is O=C(O)C(Br)=Cc1cncc(-c2cc(C(F)(F)F)cc(C(F)(F)F)c2)n1. The minimum absolute atomic E-state index is 0.00169. The number of benzene rings is 1. The number of halogens is 7. The summed E-state index contributed by atoms with van der Waals surface area (Å²) in [6.45, 7) is 0. The first-order valence-electron chi connectivity index (χ1n) is 6.60. The van der Waals surface area contributed by atoms with E-state index in [1.54, 1.807) is 0 Å². The summed E-state index contributed by atoms with van der Waals surface area (Å²) in [6.07, 6.45) is -6.90. The largest absolute Gasteiger partial charge is 0.477 e. The number of hydrogen-bond acceptors (Lipinski definition) is 3. The highest BCUT2D eigenvalue weighted by molar-refractivity contribution is 9.12. The summed E-state index contributed by atoms with van der Waals surface area (Å²) in [7, 11) is 0. The van der Waals surface area contributed by atoms with E-state index in [4.69, 9.17) is 5.11 Å². The first kappa shape index (κ1) is 19.9. The molecule has 0 saturated carbocycles. The molecule has 0 aliphatic carbocycles. The molecule has 1 aromatic heterocycles. The van der Waals surface area contributed by atoms with Crippen molar-refractivity contribution in [2.45, 2.75) is 12.4 Å². The van der Waals surface area contributed by atoms with Gasteiger partial charge in [-0.25, -0.2) is 9.78 Å². The van der Waals surface area contributed by atoms with Crippen molar-refractivity contribution in [1.82, 2.24) is 9.97 Å². The minimum Gasteiger partial charge on any atom is -0.477 e. The lowest BCUT2D eigenvalue weighted by Crippen LogP contribution is -2.11. The second-order valence-electron chi connectivity index (χ2n) is 4.92. The molecule has 2 rings (SSSR count). The molecular formula is C15H7BrF6N2O2. The van der Waals surface area contributed by atoms with Crippen LogP contribution in [-0.2, 0) is 17.1 Å². The van der Waals surface area contributed by atoms with Crippen molar-refractivity contribution in [3.8, 4) is 11.3 Å². The third-order valence-electron chi connectivity index (χ3n) is 3.02. The number of hydrogen-bond donors (Lipinski definition) is 1. The lowest BCUT2D eigenvalue weighted by molar-refractivity contribution is -0.143. The molecule has 0 bridgehead atoms. The van der Waals surface area contributed by atoms with Crippen LogP contribution in [0.4, 0.5) is 26.3 Å². The number of alkyl halides is 6. The number of aliphatic carboxylic acids is 1. The van der Waals surface area contributed by atoms with E-state index in [2.05, 4.69) is 25.9 Å². The Labute approximate surface area is 150 Å². The molecule has 0 aliphatic heterocycles. The first-order valence-corrected chi connectivity index (χ1v) is 7.39. The van der Waals surface area contributed by atoms with E-state index in [1.807, 2.05) is 0 Å². The molecule has 1 aromatic carbocycles. The molecule has 0 aliphatic rings. The van der Waals surface area contributed by atoms with Gasteiger partial charge in [-0.15, -0.1) is 0 Å². The van der Waals surface area contributed by atoms with Crippen LogP contribution in [0.25, 0.3) is 17.3 Å². The molecule has 0 atom stereocenters. The zero-order valence-corrected chi connectivity index (χ0v) is 13.9. The summed E-state index contributed by atoms with van der Waals surface area (Å²) in [6, 6.07) is 1.03. The van der Waals surface area contributed by atoms with Crippen LogP contribution < -0.4 is 0 Å². The second kappa shape index (κ2) is 7.06. The van der Waals surface area contributed by atoms with Crippen LogP contribution in [0.5, 0.6) is 0 Å². The van der Waals surface area contributed by atoms with Crippen molar-refractivity contribution in [1.29, 1.82) is 0 Å². The van der Waals surface area contributed by atoms with Crippen LogP contribution >= 0.6 is 15.9 Å². The minimum atomic E-state index is -4.99. The van der Waals surface area contributed by atoms with Crippen LogP contribution in [0.15, 0.2) is 35.1 Å². The Kier molecular flexibility index (Phi) is 5.40. The van der Waals surface area contributed by atoms with E-state index in [9.17, 15) is 31.1 Å². The molecule has 1 N–H and O–H groups in total. The second-order valence-corrected chi connectivity index (χ2v) is 5.78. The molecule has 0 radical (unpaired) electrons. The van der Waals surface area contributed by atoms with Gasteiger partial charge in [0.15, 0.2) is 0 Å². The molecule has 26 heavy (non-hydrogen) atoms. The van der Waals surface area contributed by atoms with Gasteiger partial charge in [-0.1, -0.05) is 0 Å². The monoisotopic (exact) mass is 440 g/mol. The molecule has 138 valence electrons. The van der Waals surface area contributed by atoms with Gasteiger partial charge in [-0.05, 0) is 40.2 Å². The van der Waals surface area contributed by atoms with Crippen molar-refractivity contribution < 1.29 is 36.2 Å². The summed E-state index contributed by atoms with van der Waals surface area (Å²) in [5, 5.41) is 8.77. The summed E-state index contributed by atoms with van der Waals surface area (Å²) in [5.41, 5.74) is -3.78. The third-order valence-corrected chi connectivity index (χ3v) is 3.58. The predicted molar refractivity (Wildman–Crippen MR) is 82.0 cm³/mol. The molecule has 0 saturated heterocycles. The van der Waals surface area contributed by atoms with Gasteiger partial charge in [0, 0.05) is 5.56 Å². The Morgan fingerprint density at radius 1 is 1.00 bits per heavy atom. The molecular weight excluding hydrogens is 434 g/mol. The lowest BCUT2D eigenvalue weighted by atomic mass is 10.0. The van der Waals surface area contributed by atoms with Crippen LogP contribution in [0.3, 0.4) is 0 Å². The molecule has 4 nitrogen and oxygen atoms in total. The van der Waals surface area contributed by atoms with Crippen LogP contribution in [0.2, 0.25) is 0 Å². The van der Waals surface area contributed by atoms with Gasteiger partial charge >= 0.3 is 18.3 Å². The Balaban J connectivity index is 2.61. The average Bonchev–Trinajstić information content (AvgIpc) is 2.53. The van der Waals surface area contributed by atoms with E-state index in [0.29, 0.717) is 12.1 Å². The Morgan fingerprint density at radius 2 is 1.54 bits per heavy atom. The van der Waals surface area contributed by atoms with Crippen LogP contribution in [-0.4, -0.2) is 21.0 Å². The van der Waals surface area contributed by atoms with E-state index >= 15 is 0 Å². The number of nitrogens with zero attached hydrogens (tertiary/aromatic N) is 2. The van der Waals surface area contributed by atoms with Crippen molar-refractivity contribution in [3.63, 3.8) is 0 Å². The van der Waals surface area contributed by atoms with E-state index in [1.165, 1.54) is 0 Å². The van der Waals surface area contributed by atoms with Crippen molar-refractivity contribution >= 4 is 28.0 Å². The smallest absolute Gasteiger partial charge is 0.416 e. The molecule has 11 heteroatoms. The highest BCUT2D eigenvalue weighted by atomic mass is 79.9. The maximum atomic E-state index is 12.9. The van der Waals surface area contributed by atoms with Gasteiger partial charge < -0.3 is 5.11 Å². The Morgan fingerprint density at radius 3 is 2.00 bits per heavy atom. The average molecular weight is 441 g/mol. The van der Waals surface area contributed by atoms with Crippen molar-refractivity contribution in [3.05, 3.63) is 51.9 Å².